The predicted octanol–water partition coefficient (Wildman–Crippen LogP) is 7.23. The number of hydrogen-bond acceptors (Lipinski definition) is 5. The Balaban J connectivity index is 2.24. The summed E-state index contributed by atoms with van der Waals surface area (Å²) in [5.74, 6) is -0.384. The minimum atomic E-state index is -3.14. The lowest BCUT2D eigenvalue weighted by Gasteiger charge is -2.42. The van der Waals surface area contributed by atoms with E-state index >= 15 is 0 Å². The molecule has 1 unspecified atom stereocenters. The van der Waals surface area contributed by atoms with Crippen molar-refractivity contribution in [1.82, 2.24) is 0 Å². The van der Waals surface area contributed by atoms with Crippen LogP contribution < -0.4 is 9.64 Å². The molecule has 0 spiro atoms. The van der Waals surface area contributed by atoms with E-state index in [4.69, 9.17) is 4.74 Å². The van der Waals surface area contributed by atoms with E-state index in [0.717, 1.165) is 61.8 Å². The summed E-state index contributed by atoms with van der Waals surface area (Å²) in [6, 6.07) is 14.0. The molecule has 2 aromatic carbocycles. The lowest BCUT2D eigenvalue weighted by atomic mass is 9.70. The second-order valence-corrected chi connectivity index (χ2v) is 12.2. The number of fused-ring (bicyclic) bond motifs is 1. The summed E-state index contributed by atoms with van der Waals surface area (Å²) >= 11 is 0. The van der Waals surface area contributed by atoms with Crippen LogP contribution in [0.15, 0.2) is 47.4 Å². The van der Waals surface area contributed by atoms with Crippen LogP contribution in [0, 0.1) is 5.41 Å². The Morgan fingerprint density at radius 1 is 1.09 bits per heavy atom. The van der Waals surface area contributed by atoms with Crippen LogP contribution >= 0.6 is 10.6 Å². The lowest BCUT2D eigenvalue weighted by Crippen LogP contribution is -2.29. The number of carbonyl (C=O) groups is 1. The summed E-state index contributed by atoms with van der Waals surface area (Å²) in [6.07, 6.45) is 6.99. The van der Waals surface area contributed by atoms with Crippen molar-refractivity contribution in [3.05, 3.63) is 53.6 Å². The van der Waals surface area contributed by atoms with Gasteiger partial charge in [0.1, 0.15) is 5.75 Å². The molecule has 0 radical (unpaired) electrons. The number of carboxylic acids is 1. The van der Waals surface area contributed by atoms with E-state index in [0.29, 0.717) is 16.4 Å². The Labute approximate surface area is 211 Å². The number of unbranched alkanes of at least 4 members (excludes halogenated alkanes) is 2. The molecule has 0 aliphatic carbocycles. The first-order valence-electron chi connectivity index (χ1n) is 12.6. The molecular weight excluding hydrogens is 462 g/mol. The number of anilines is 1. The molecule has 3 rings (SSSR count). The number of benzene rings is 2. The average Bonchev–Trinajstić information content (AvgIpc) is 2.92. The summed E-state index contributed by atoms with van der Waals surface area (Å²) < 4.78 is 29.0. The molecule has 0 bridgehead atoms. The molecule has 0 amide bonds. The van der Waals surface area contributed by atoms with E-state index < -0.39 is 23.2 Å². The summed E-state index contributed by atoms with van der Waals surface area (Å²) in [6.45, 7) is 3.88. The minimum absolute atomic E-state index is 0.000751. The zero-order valence-electron chi connectivity index (χ0n) is 21.5. The quantitative estimate of drug-likeness (QED) is 0.300. The fourth-order valence-electron chi connectivity index (χ4n) is 5.39. The molecule has 0 fully saturated rings. The van der Waals surface area contributed by atoms with E-state index in [1.54, 1.807) is 6.07 Å². The summed E-state index contributed by atoms with van der Waals surface area (Å²) in [7, 11) is 0.629. The van der Waals surface area contributed by atoms with E-state index in [9.17, 15) is 19.0 Å². The number of rotatable bonds is 11. The number of hydrogen-bond donors (Lipinski definition) is 3. The molecule has 1 atom stereocenters. The maximum Gasteiger partial charge on any atom is 0.341 e. The molecule has 35 heavy (non-hydrogen) atoms. The number of carboxylic acid groups (broad SMARTS) is 1. The van der Waals surface area contributed by atoms with Gasteiger partial charge in [-0.05, 0) is 41.9 Å². The van der Waals surface area contributed by atoms with Gasteiger partial charge >= 0.3 is 5.97 Å². The van der Waals surface area contributed by atoms with Gasteiger partial charge in [-0.1, -0.05) is 69.9 Å². The largest absolute Gasteiger partial charge is 0.480 e. The number of ether oxygens (including phenoxy) is 1. The normalized spacial score (nSPS) is 19.3. The molecule has 1 aliphatic heterocycles. The molecular formula is C28H41NO5S. The Hall–Kier alpha value is -2.22. The second-order valence-electron chi connectivity index (χ2n) is 10.1. The van der Waals surface area contributed by atoms with Crippen molar-refractivity contribution in [1.29, 1.82) is 0 Å². The first-order valence-corrected chi connectivity index (χ1v) is 14.3. The average molecular weight is 504 g/mol. The van der Waals surface area contributed by atoms with Gasteiger partial charge in [-0.25, -0.2) is 4.79 Å². The van der Waals surface area contributed by atoms with Gasteiger partial charge in [0.2, 0.25) is 0 Å². The SMILES string of the molecule is CCCCC1(CCCC)CC(c2ccccc2)c2cc(N(C)C)c(OCC(=O)O)cc2S(O)(O)C1. The van der Waals surface area contributed by atoms with Crippen molar-refractivity contribution in [3.63, 3.8) is 0 Å². The van der Waals surface area contributed by atoms with Gasteiger partial charge in [-0.3, -0.25) is 9.11 Å². The van der Waals surface area contributed by atoms with Crippen LogP contribution in [0.2, 0.25) is 0 Å². The van der Waals surface area contributed by atoms with Gasteiger partial charge in [0, 0.05) is 31.8 Å². The van der Waals surface area contributed by atoms with Gasteiger partial charge in [0.25, 0.3) is 0 Å². The van der Waals surface area contributed by atoms with Crippen LogP contribution in [-0.2, 0) is 4.79 Å². The van der Waals surface area contributed by atoms with Crippen molar-refractivity contribution in [2.45, 2.75) is 69.6 Å². The molecule has 3 N–H and O–H groups in total. The third-order valence-electron chi connectivity index (χ3n) is 7.12. The molecule has 0 aromatic heterocycles. The van der Waals surface area contributed by atoms with E-state index in [1.807, 2.05) is 43.3 Å². The Bertz CT molecular complexity index is 984. The fourth-order valence-corrected chi connectivity index (χ4v) is 7.68. The van der Waals surface area contributed by atoms with Crippen LogP contribution in [0.3, 0.4) is 0 Å². The van der Waals surface area contributed by atoms with Crippen LogP contribution in [0.1, 0.15) is 75.8 Å². The smallest absolute Gasteiger partial charge is 0.341 e. The molecule has 0 saturated heterocycles. The van der Waals surface area contributed by atoms with Crippen LogP contribution in [0.25, 0.3) is 0 Å². The van der Waals surface area contributed by atoms with Gasteiger partial charge in [0.15, 0.2) is 6.61 Å². The topological polar surface area (TPSA) is 90.2 Å². The Kier molecular flexibility index (Phi) is 9.13. The molecule has 0 saturated carbocycles. The van der Waals surface area contributed by atoms with Gasteiger partial charge in [-0.2, -0.15) is 10.6 Å². The van der Waals surface area contributed by atoms with Gasteiger partial charge in [-0.15, -0.1) is 0 Å². The number of aliphatic carboxylic acids is 1. The zero-order chi connectivity index (χ0) is 25.6. The maximum atomic E-state index is 11.7. The van der Waals surface area contributed by atoms with Crippen LogP contribution in [0.4, 0.5) is 5.69 Å². The van der Waals surface area contributed by atoms with E-state index in [2.05, 4.69) is 26.0 Å². The van der Waals surface area contributed by atoms with Crippen molar-refractivity contribution in [2.24, 2.45) is 5.41 Å². The monoisotopic (exact) mass is 503 g/mol. The van der Waals surface area contributed by atoms with Crippen molar-refractivity contribution in [3.8, 4) is 5.75 Å². The molecule has 6 nitrogen and oxygen atoms in total. The van der Waals surface area contributed by atoms with Crippen molar-refractivity contribution >= 4 is 22.2 Å². The standard InChI is InChI=1S/C28H41NO5S/c1-5-7-14-28(15-8-6-2)18-23(21-12-10-9-11-13-21)22-16-24(29(3)4)25(34-19-27(30)31)17-26(22)35(32,33)20-28/h9-13,16-17,23,32-33H,5-8,14-15,18-20H2,1-4H3,(H,30,31). The summed E-state index contributed by atoms with van der Waals surface area (Å²) in [5.41, 5.74) is 2.60. The third kappa shape index (κ3) is 6.51. The Morgan fingerprint density at radius 2 is 1.71 bits per heavy atom. The first kappa shape index (κ1) is 27.4. The highest BCUT2D eigenvalue weighted by Crippen LogP contribution is 2.63. The molecule has 7 heteroatoms. The summed E-state index contributed by atoms with van der Waals surface area (Å²) in [4.78, 5) is 13.6. The molecule has 194 valence electrons. The summed E-state index contributed by atoms with van der Waals surface area (Å²) in [5, 5.41) is 9.18. The highest BCUT2D eigenvalue weighted by Gasteiger charge is 2.43. The van der Waals surface area contributed by atoms with Gasteiger partial charge < -0.3 is 14.7 Å². The Morgan fingerprint density at radius 3 is 2.26 bits per heavy atom. The second kappa shape index (κ2) is 11.7. The van der Waals surface area contributed by atoms with E-state index in [1.165, 1.54) is 0 Å². The molecule has 1 heterocycles. The van der Waals surface area contributed by atoms with Gasteiger partial charge in [0.05, 0.1) is 10.6 Å². The van der Waals surface area contributed by atoms with E-state index in [-0.39, 0.29) is 11.3 Å². The third-order valence-corrected chi connectivity index (χ3v) is 9.19. The van der Waals surface area contributed by atoms with Crippen molar-refractivity contribution in [2.75, 3.05) is 31.4 Å². The highest BCUT2D eigenvalue weighted by atomic mass is 32.3. The molecule has 2 aromatic rings. The maximum absolute atomic E-state index is 11.7. The highest BCUT2D eigenvalue weighted by molar-refractivity contribution is 8.24. The first-order chi connectivity index (χ1) is 16.6. The zero-order valence-corrected chi connectivity index (χ0v) is 22.3. The predicted molar refractivity (Wildman–Crippen MR) is 144 cm³/mol. The van der Waals surface area contributed by atoms with Crippen LogP contribution in [0.5, 0.6) is 5.75 Å². The minimum Gasteiger partial charge on any atom is -0.480 e. The van der Waals surface area contributed by atoms with Crippen molar-refractivity contribution < 1.29 is 23.7 Å². The molecule has 1 aliphatic rings. The van der Waals surface area contributed by atoms with Crippen LogP contribution in [-0.4, -0.2) is 46.6 Å². The number of nitrogens with zero attached hydrogens (tertiary/aromatic N) is 1. The fraction of sp³-hybridized carbons (Fsp3) is 0.536. The lowest BCUT2D eigenvalue weighted by molar-refractivity contribution is -0.139.